The number of fused-ring (bicyclic) bond motifs is 1. The van der Waals surface area contributed by atoms with Crippen molar-refractivity contribution in [2.24, 2.45) is 0 Å². The lowest BCUT2D eigenvalue weighted by Crippen LogP contribution is -2.23. The lowest BCUT2D eigenvalue weighted by atomic mass is 10.6. The smallest absolute Gasteiger partial charge is 0.312 e. The van der Waals surface area contributed by atoms with Gasteiger partial charge in [-0.3, -0.25) is 9.13 Å². The van der Waals surface area contributed by atoms with Crippen LogP contribution in [0.2, 0.25) is 0 Å². The summed E-state index contributed by atoms with van der Waals surface area (Å²) in [6.07, 6.45) is 4.53. The second kappa shape index (κ2) is 9.87. The zero-order valence-electron chi connectivity index (χ0n) is 16.0. The van der Waals surface area contributed by atoms with Crippen LogP contribution in [0.5, 0.6) is 0 Å². The standard InChI is InChI=1S/C15H26N4O6P2/c1-5-22-26(20,23-6-2)13(27(21,24-7-3)25-8-4)11-19-12-18-14-15(19)17-10-9-16-14/h9-10,12-13H,5-8,11H2,1-4H3. The van der Waals surface area contributed by atoms with Crippen LogP contribution >= 0.6 is 15.2 Å². The van der Waals surface area contributed by atoms with Gasteiger partial charge in [0.1, 0.15) is 0 Å². The molecule has 2 rings (SSSR count). The Labute approximate surface area is 158 Å². The Hall–Kier alpha value is -1.15. The highest BCUT2D eigenvalue weighted by atomic mass is 31.2. The number of rotatable bonds is 12. The molecule has 0 saturated heterocycles. The second-order valence-electron chi connectivity index (χ2n) is 5.33. The van der Waals surface area contributed by atoms with Crippen molar-refractivity contribution in [3.8, 4) is 0 Å². The summed E-state index contributed by atoms with van der Waals surface area (Å²) in [5.41, 5.74) is 0.878. The maximum atomic E-state index is 13.5. The van der Waals surface area contributed by atoms with E-state index in [0.717, 1.165) is 0 Å². The third kappa shape index (κ3) is 5.02. The Kier molecular flexibility index (Phi) is 8.09. The molecule has 0 aliphatic heterocycles. The summed E-state index contributed by atoms with van der Waals surface area (Å²) >= 11 is 0. The molecule has 0 fully saturated rings. The average molecular weight is 420 g/mol. The molecular formula is C15H26N4O6P2. The van der Waals surface area contributed by atoms with Crippen LogP contribution in [0.1, 0.15) is 27.7 Å². The van der Waals surface area contributed by atoms with E-state index in [0.29, 0.717) is 11.3 Å². The van der Waals surface area contributed by atoms with Crippen LogP contribution < -0.4 is 0 Å². The first kappa shape index (κ1) is 22.1. The molecule has 2 heterocycles. The zero-order valence-corrected chi connectivity index (χ0v) is 17.8. The molecule has 12 heteroatoms. The van der Waals surface area contributed by atoms with E-state index >= 15 is 0 Å². The molecule has 0 bridgehead atoms. The third-order valence-electron chi connectivity index (χ3n) is 3.58. The van der Waals surface area contributed by atoms with Gasteiger partial charge in [0, 0.05) is 12.4 Å². The summed E-state index contributed by atoms with van der Waals surface area (Å²) in [4.78, 5) is 12.5. The molecule has 0 spiro atoms. The van der Waals surface area contributed by atoms with Gasteiger partial charge in [0.2, 0.25) is 0 Å². The number of aromatic nitrogens is 4. The fourth-order valence-corrected chi connectivity index (χ4v) is 7.83. The minimum atomic E-state index is -3.84. The third-order valence-corrected chi connectivity index (χ3v) is 9.53. The SMILES string of the molecule is CCOP(=O)(OCC)C(Cn1cnc2nccnc21)P(=O)(OCC)OCC. The van der Waals surface area contributed by atoms with E-state index in [2.05, 4.69) is 15.0 Å². The molecule has 0 aliphatic rings. The largest absolute Gasteiger partial charge is 0.347 e. The van der Waals surface area contributed by atoms with Crippen molar-refractivity contribution >= 4 is 26.5 Å². The molecule has 0 amide bonds. The van der Waals surface area contributed by atoms with Gasteiger partial charge in [0.25, 0.3) is 0 Å². The van der Waals surface area contributed by atoms with E-state index < -0.39 is 20.6 Å². The summed E-state index contributed by atoms with van der Waals surface area (Å²) in [5.74, 6) is 0. The predicted molar refractivity (Wildman–Crippen MR) is 101 cm³/mol. The summed E-state index contributed by atoms with van der Waals surface area (Å²) < 4.78 is 50.5. The van der Waals surface area contributed by atoms with Crippen LogP contribution in [0.15, 0.2) is 18.7 Å². The quantitative estimate of drug-likeness (QED) is 0.474. The molecule has 152 valence electrons. The van der Waals surface area contributed by atoms with Gasteiger partial charge in [-0.25, -0.2) is 15.0 Å². The molecule has 0 aliphatic carbocycles. The first-order chi connectivity index (χ1) is 12.9. The van der Waals surface area contributed by atoms with Crippen LogP contribution in [-0.2, 0) is 33.8 Å². The Morgan fingerprint density at radius 3 is 1.81 bits per heavy atom. The van der Waals surface area contributed by atoms with Crippen molar-refractivity contribution in [2.75, 3.05) is 26.4 Å². The van der Waals surface area contributed by atoms with Gasteiger partial charge in [-0.2, -0.15) is 0 Å². The summed E-state index contributed by atoms with van der Waals surface area (Å²) in [6.45, 7) is 7.20. The molecule has 0 radical (unpaired) electrons. The van der Waals surface area contributed by atoms with Gasteiger partial charge in [-0.15, -0.1) is 0 Å². The van der Waals surface area contributed by atoms with Gasteiger partial charge in [0.05, 0.1) is 39.3 Å². The highest BCUT2D eigenvalue weighted by Gasteiger charge is 2.51. The lowest BCUT2D eigenvalue weighted by Gasteiger charge is -2.31. The van der Waals surface area contributed by atoms with Crippen LogP contribution in [0.3, 0.4) is 0 Å². The predicted octanol–water partition coefficient (Wildman–Crippen LogP) is 3.68. The normalized spacial score (nSPS) is 12.9. The number of hydrogen-bond donors (Lipinski definition) is 0. The molecule has 0 aromatic carbocycles. The fourth-order valence-electron chi connectivity index (χ4n) is 2.62. The number of hydrogen-bond acceptors (Lipinski definition) is 9. The van der Waals surface area contributed by atoms with Gasteiger partial charge >= 0.3 is 15.2 Å². The topological polar surface area (TPSA) is 115 Å². The van der Waals surface area contributed by atoms with Crippen LogP contribution in [0.4, 0.5) is 0 Å². The maximum Gasteiger partial charge on any atom is 0.347 e. The second-order valence-corrected chi connectivity index (χ2v) is 10.2. The Bertz CT molecular complexity index is 779. The van der Waals surface area contributed by atoms with Crippen LogP contribution in [-0.4, -0.2) is 51.3 Å². The minimum absolute atomic E-state index is 0.0379. The van der Waals surface area contributed by atoms with Crippen molar-refractivity contribution in [3.05, 3.63) is 18.7 Å². The zero-order chi connectivity index (χ0) is 19.9. The van der Waals surface area contributed by atoms with E-state index in [-0.39, 0.29) is 33.0 Å². The maximum absolute atomic E-state index is 13.5. The van der Waals surface area contributed by atoms with Crippen molar-refractivity contribution in [1.29, 1.82) is 0 Å². The molecule has 0 unspecified atom stereocenters. The van der Waals surface area contributed by atoms with Gasteiger partial charge in [-0.05, 0) is 27.7 Å². The summed E-state index contributed by atoms with van der Waals surface area (Å²) in [7, 11) is -7.68. The van der Waals surface area contributed by atoms with E-state index in [1.165, 1.54) is 18.7 Å². The summed E-state index contributed by atoms with van der Waals surface area (Å²) in [6, 6.07) is 0. The monoisotopic (exact) mass is 420 g/mol. The first-order valence-corrected chi connectivity index (χ1v) is 12.1. The highest BCUT2D eigenvalue weighted by Crippen LogP contribution is 2.70. The fraction of sp³-hybridized carbons (Fsp3) is 0.667. The number of imidazole rings is 1. The van der Waals surface area contributed by atoms with Crippen molar-refractivity contribution in [1.82, 2.24) is 19.5 Å². The van der Waals surface area contributed by atoms with E-state index in [1.807, 2.05) is 0 Å². The Balaban J connectivity index is 2.54. The van der Waals surface area contributed by atoms with Crippen molar-refractivity contribution in [2.45, 2.75) is 39.6 Å². The average Bonchev–Trinajstić information content (AvgIpc) is 3.03. The highest BCUT2D eigenvalue weighted by molar-refractivity contribution is 7.72. The lowest BCUT2D eigenvalue weighted by molar-refractivity contribution is 0.192. The van der Waals surface area contributed by atoms with Crippen LogP contribution in [0.25, 0.3) is 11.3 Å². The van der Waals surface area contributed by atoms with Crippen molar-refractivity contribution in [3.63, 3.8) is 0 Å². The molecule has 0 saturated carbocycles. The molecule has 10 nitrogen and oxygen atoms in total. The molecular weight excluding hydrogens is 394 g/mol. The molecule has 2 aromatic heterocycles. The van der Waals surface area contributed by atoms with Crippen LogP contribution in [0, 0.1) is 0 Å². The molecule has 0 atom stereocenters. The molecule has 27 heavy (non-hydrogen) atoms. The van der Waals surface area contributed by atoms with E-state index in [4.69, 9.17) is 18.1 Å². The Morgan fingerprint density at radius 2 is 1.33 bits per heavy atom. The molecule has 2 aromatic rings. The Morgan fingerprint density at radius 1 is 0.852 bits per heavy atom. The molecule has 0 N–H and O–H groups in total. The van der Waals surface area contributed by atoms with Gasteiger partial charge in [0.15, 0.2) is 16.7 Å². The van der Waals surface area contributed by atoms with Crippen molar-refractivity contribution < 1.29 is 27.2 Å². The van der Waals surface area contributed by atoms with E-state index in [1.54, 1.807) is 32.3 Å². The summed E-state index contributed by atoms with van der Waals surface area (Å²) in [5, 5.41) is -1.18. The van der Waals surface area contributed by atoms with Gasteiger partial charge < -0.3 is 22.7 Å². The van der Waals surface area contributed by atoms with E-state index in [9.17, 15) is 9.13 Å². The first-order valence-electron chi connectivity index (χ1n) is 8.83. The number of nitrogens with zero attached hydrogens (tertiary/aromatic N) is 4. The van der Waals surface area contributed by atoms with Gasteiger partial charge in [-0.1, -0.05) is 0 Å². The minimum Gasteiger partial charge on any atom is -0.312 e.